The monoisotopic (exact) mass is 374 g/mol. The van der Waals surface area contributed by atoms with Crippen LogP contribution in [0.2, 0.25) is 0 Å². The zero-order chi connectivity index (χ0) is 19.3. The van der Waals surface area contributed by atoms with E-state index in [1.54, 1.807) is 0 Å². The molecule has 142 valence electrons. The summed E-state index contributed by atoms with van der Waals surface area (Å²) in [6, 6.07) is 7.98. The van der Waals surface area contributed by atoms with Gasteiger partial charge < -0.3 is 9.64 Å². The third-order valence-electron chi connectivity index (χ3n) is 3.83. The average molecular weight is 375 g/mol. The minimum Gasteiger partial charge on any atom is -0.460 e. The summed E-state index contributed by atoms with van der Waals surface area (Å²) in [4.78, 5) is 19.2. The van der Waals surface area contributed by atoms with Gasteiger partial charge in [-0.3, -0.25) is 4.79 Å². The topological polar surface area (TPSA) is 42.4 Å². The number of aromatic nitrogens is 1. The molecule has 1 aromatic carbocycles. The first-order valence-corrected chi connectivity index (χ1v) is 10.1. The SMILES string of the molecule is CC(C)C=C(CC(C)C)N(C(=O)COc1nc2ccccc2s1)C(C)C. The van der Waals surface area contributed by atoms with Gasteiger partial charge >= 0.3 is 0 Å². The van der Waals surface area contributed by atoms with E-state index in [2.05, 4.69) is 38.8 Å². The Morgan fingerprint density at radius 1 is 1.19 bits per heavy atom. The van der Waals surface area contributed by atoms with Crippen LogP contribution in [0.3, 0.4) is 0 Å². The first-order valence-electron chi connectivity index (χ1n) is 9.29. The first kappa shape index (κ1) is 20.4. The molecule has 0 aliphatic rings. The molecule has 1 aromatic heterocycles. The molecule has 0 atom stereocenters. The van der Waals surface area contributed by atoms with Gasteiger partial charge in [-0.05, 0) is 44.2 Å². The molecule has 0 fully saturated rings. The molecule has 0 spiro atoms. The van der Waals surface area contributed by atoms with E-state index in [9.17, 15) is 4.79 Å². The van der Waals surface area contributed by atoms with Crippen LogP contribution in [-0.4, -0.2) is 28.4 Å². The van der Waals surface area contributed by atoms with Crippen LogP contribution in [0.15, 0.2) is 36.0 Å². The molecule has 1 heterocycles. The number of amides is 1. The lowest BCUT2D eigenvalue weighted by molar-refractivity contribution is -0.133. The van der Waals surface area contributed by atoms with Crippen LogP contribution in [0.25, 0.3) is 10.2 Å². The number of rotatable bonds is 8. The van der Waals surface area contributed by atoms with Crippen molar-refractivity contribution in [1.82, 2.24) is 9.88 Å². The number of para-hydroxylation sites is 1. The van der Waals surface area contributed by atoms with E-state index in [4.69, 9.17) is 4.74 Å². The van der Waals surface area contributed by atoms with Gasteiger partial charge in [0.1, 0.15) is 0 Å². The second-order valence-electron chi connectivity index (χ2n) is 7.59. The lowest BCUT2D eigenvalue weighted by atomic mass is 10.0. The summed E-state index contributed by atoms with van der Waals surface area (Å²) in [5, 5.41) is 0.543. The Kier molecular flexibility index (Phi) is 7.21. The van der Waals surface area contributed by atoms with Crippen LogP contribution in [-0.2, 0) is 4.79 Å². The third-order valence-corrected chi connectivity index (χ3v) is 4.78. The Bertz CT molecular complexity index is 729. The maximum atomic E-state index is 12.9. The molecule has 2 rings (SSSR count). The fourth-order valence-corrected chi connectivity index (χ4v) is 3.75. The molecule has 5 heteroatoms. The predicted molar refractivity (Wildman–Crippen MR) is 109 cm³/mol. The number of carbonyl (C=O) groups excluding carboxylic acids is 1. The van der Waals surface area contributed by atoms with Crippen LogP contribution >= 0.6 is 11.3 Å². The highest BCUT2D eigenvalue weighted by molar-refractivity contribution is 7.20. The van der Waals surface area contributed by atoms with Gasteiger partial charge in [0.05, 0.1) is 10.2 Å². The van der Waals surface area contributed by atoms with Gasteiger partial charge in [-0.2, -0.15) is 0 Å². The van der Waals surface area contributed by atoms with Crippen molar-refractivity contribution in [3.63, 3.8) is 0 Å². The lowest BCUT2D eigenvalue weighted by Gasteiger charge is -2.31. The van der Waals surface area contributed by atoms with Crippen molar-refractivity contribution < 1.29 is 9.53 Å². The normalized spacial score (nSPS) is 12.4. The van der Waals surface area contributed by atoms with Gasteiger partial charge in [0.25, 0.3) is 11.1 Å². The van der Waals surface area contributed by atoms with Crippen LogP contribution in [0.1, 0.15) is 48.0 Å². The van der Waals surface area contributed by atoms with E-state index in [1.165, 1.54) is 11.3 Å². The van der Waals surface area contributed by atoms with E-state index < -0.39 is 0 Å². The summed E-state index contributed by atoms with van der Waals surface area (Å²) in [6.07, 6.45) is 3.07. The molecule has 0 N–H and O–H groups in total. The van der Waals surface area contributed by atoms with Crippen LogP contribution in [0.5, 0.6) is 5.19 Å². The minimum atomic E-state index is -0.0215. The number of hydrogen-bond donors (Lipinski definition) is 0. The number of benzene rings is 1. The summed E-state index contributed by atoms with van der Waals surface area (Å²) in [6.45, 7) is 12.7. The molecular formula is C21H30N2O2S. The summed E-state index contributed by atoms with van der Waals surface area (Å²) in [5.74, 6) is 0.856. The van der Waals surface area contributed by atoms with Gasteiger partial charge in [-0.25, -0.2) is 4.98 Å². The molecule has 0 bridgehead atoms. The van der Waals surface area contributed by atoms with Crippen molar-refractivity contribution in [2.75, 3.05) is 6.61 Å². The Morgan fingerprint density at radius 3 is 2.46 bits per heavy atom. The smallest absolute Gasteiger partial charge is 0.274 e. The van der Waals surface area contributed by atoms with Gasteiger partial charge in [0, 0.05) is 11.7 Å². The van der Waals surface area contributed by atoms with Gasteiger partial charge in [-0.15, -0.1) is 0 Å². The van der Waals surface area contributed by atoms with Gasteiger partial charge in [0.15, 0.2) is 6.61 Å². The second-order valence-corrected chi connectivity index (χ2v) is 8.59. The van der Waals surface area contributed by atoms with Crippen molar-refractivity contribution in [2.45, 2.75) is 54.0 Å². The highest BCUT2D eigenvalue weighted by Gasteiger charge is 2.23. The molecule has 0 unspecified atom stereocenters. The number of nitrogens with zero attached hydrogens (tertiary/aromatic N) is 2. The number of hydrogen-bond acceptors (Lipinski definition) is 4. The number of thiazole rings is 1. The highest BCUT2D eigenvalue weighted by Crippen LogP contribution is 2.27. The number of ether oxygens (including phenoxy) is 1. The maximum absolute atomic E-state index is 12.9. The van der Waals surface area contributed by atoms with Crippen LogP contribution in [0.4, 0.5) is 0 Å². The van der Waals surface area contributed by atoms with Crippen molar-refractivity contribution >= 4 is 27.5 Å². The average Bonchev–Trinajstić information content (AvgIpc) is 2.94. The highest BCUT2D eigenvalue weighted by atomic mass is 32.1. The van der Waals surface area contributed by atoms with E-state index in [-0.39, 0.29) is 18.6 Å². The lowest BCUT2D eigenvalue weighted by Crippen LogP contribution is -2.39. The van der Waals surface area contributed by atoms with Crippen molar-refractivity contribution in [2.24, 2.45) is 11.8 Å². The third kappa shape index (κ3) is 5.56. The Balaban J connectivity index is 2.13. The number of allylic oxidation sites excluding steroid dienone is 2. The van der Waals surface area contributed by atoms with Crippen molar-refractivity contribution in [3.05, 3.63) is 36.0 Å². The quantitative estimate of drug-likeness (QED) is 0.613. The van der Waals surface area contributed by atoms with Crippen LogP contribution < -0.4 is 4.74 Å². The number of carbonyl (C=O) groups is 1. The molecule has 26 heavy (non-hydrogen) atoms. The van der Waals surface area contributed by atoms with Crippen molar-refractivity contribution in [1.29, 1.82) is 0 Å². The number of fused-ring (bicyclic) bond motifs is 1. The zero-order valence-corrected chi connectivity index (χ0v) is 17.5. The Hall–Kier alpha value is -1.88. The van der Waals surface area contributed by atoms with E-state index >= 15 is 0 Å². The Labute approximate surface area is 160 Å². The summed E-state index contributed by atoms with van der Waals surface area (Å²) < 4.78 is 6.80. The molecule has 2 aromatic rings. The van der Waals surface area contributed by atoms with E-state index in [0.29, 0.717) is 17.0 Å². The molecular weight excluding hydrogens is 344 g/mol. The van der Waals surface area contributed by atoms with Gasteiger partial charge in [0.2, 0.25) is 0 Å². The summed E-state index contributed by atoms with van der Waals surface area (Å²) >= 11 is 1.47. The van der Waals surface area contributed by atoms with E-state index in [0.717, 1.165) is 22.3 Å². The molecule has 4 nitrogen and oxygen atoms in total. The fraction of sp³-hybridized carbons (Fsp3) is 0.524. The Morgan fingerprint density at radius 2 is 1.88 bits per heavy atom. The minimum absolute atomic E-state index is 0.00549. The molecule has 0 saturated carbocycles. The molecule has 0 saturated heterocycles. The van der Waals surface area contributed by atoms with Crippen LogP contribution in [0, 0.1) is 11.8 Å². The summed E-state index contributed by atoms with van der Waals surface area (Å²) in [7, 11) is 0. The molecule has 0 aliphatic carbocycles. The maximum Gasteiger partial charge on any atom is 0.274 e. The first-order chi connectivity index (χ1) is 12.3. The molecule has 1 amide bonds. The standard InChI is InChI=1S/C21H30N2O2S/c1-14(2)11-17(12-15(3)4)23(16(5)6)20(24)13-25-21-22-18-9-7-8-10-19(18)26-21/h7-11,14-16H,12-13H2,1-6H3. The van der Waals surface area contributed by atoms with Gasteiger partial charge in [-0.1, -0.05) is 57.2 Å². The molecule has 0 radical (unpaired) electrons. The molecule has 0 aliphatic heterocycles. The zero-order valence-electron chi connectivity index (χ0n) is 16.7. The predicted octanol–water partition coefficient (Wildman–Crippen LogP) is 5.50. The largest absolute Gasteiger partial charge is 0.460 e. The fourth-order valence-electron chi connectivity index (χ4n) is 2.94. The second kappa shape index (κ2) is 9.17. The summed E-state index contributed by atoms with van der Waals surface area (Å²) in [5.41, 5.74) is 1.99. The van der Waals surface area contributed by atoms with Crippen molar-refractivity contribution in [3.8, 4) is 5.19 Å². The van der Waals surface area contributed by atoms with E-state index in [1.807, 2.05) is 43.0 Å².